The lowest BCUT2D eigenvalue weighted by Crippen LogP contribution is -2.21. The number of hydrazone groups is 1. The van der Waals surface area contributed by atoms with Crippen molar-refractivity contribution in [1.29, 1.82) is 0 Å². The molecule has 2 aromatic heterocycles. The maximum Gasteiger partial charge on any atom is 0.335 e. The van der Waals surface area contributed by atoms with Crippen LogP contribution in [0.3, 0.4) is 0 Å². The van der Waals surface area contributed by atoms with E-state index in [0.717, 1.165) is 5.56 Å². The first-order valence-corrected chi connectivity index (χ1v) is 10.3. The van der Waals surface area contributed by atoms with Gasteiger partial charge in [-0.3, -0.25) is 4.79 Å². The zero-order chi connectivity index (χ0) is 23.7. The molecule has 1 amide bonds. The monoisotopic (exact) mass is 454 g/mol. The summed E-state index contributed by atoms with van der Waals surface area (Å²) in [4.78, 5) is 24.8. The van der Waals surface area contributed by atoms with Crippen molar-refractivity contribution in [2.75, 3.05) is 12.1 Å². The van der Waals surface area contributed by atoms with Gasteiger partial charge in [0.1, 0.15) is 23.0 Å². The average molecular weight is 454 g/mol. The van der Waals surface area contributed by atoms with Gasteiger partial charge in [-0.15, -0.1) is 0 Å². The minimum atomic E-state index is -1.09. The van der Waals surface area contributed by atoms with Gasteiger partial charge in [0.05, 0.1) is 42.0 Å². The third-order valence-corrected chi connectivity index (χ3v) is 5.30. The minimum absolute atomic E-state index is 0.0512. The van der Waals surface area contributed by atoms with Gasteiger partial charge in [-0.1, -0.05) is 18.2 Å². The third-order valence-electron chi connectivity index (χ3n) is 5.30. The quantitative estimate of drug-likeness (QED) is 0.407. The topological polar surface area (TPSA) is 105 Å². The van der Waals surface area contributed by atoms with Crippen molar-refractivity contribution in [1.82, 2.24) is 0 Å². The molecule has 0 aliphatic carbocycles. The fourth-order valence-corrected chi connectivity index (χ4v) is 3.67. The van der Waals surface area contributed by atoms with Gasteiger partial charge in [0.25, 0.3) is 5.91 Å². The second-order valence-corrected chi connectivity index (χ2v) is 7.39. The molecule has 0 saturated heterocycles. The maximum absolute atomic E-state index is 13.4. The van der Waals surface area contributed by atoms with Crippen LogP contribution >= 0.6 is 0 Å². The lowest BCUT2D eigenvalue weighted by molar-refractivity contribution is -0.114. The Hall–Kier alpha value is -4.85. The van der Waals surface area contributed by atoms with E-state index in [0.29, 0.717) is 34.2 Å². The number of rotatable bonds is 6. The number of para-hydroxylation sites is 1. The van der Waals surface area contributed by atoms with Crippen molar-refractivity contribution >= 4 is 29.4 Å². The predicted molar refractivity (Wildman–Crippen MR) is 125 cm³/mol. The van der Waals surface area contributed by atoms with E-state index in [4.69, 9.17) is 13.6 Å². The molecule has 5 rings (SSSR count). The van der Waals surface area contributed by atoms with Crippen LogP contribution in [0.2, 0.25) is 0 Å². The molecule has 0 unspecified atom stereocenters. The Balaban J connectivity index is 1.55. The van der Waals surface area contributed by atoms with E-state index < -0.39 is 11.9 Å². The number of methoxy groups -OCH3 is 1. The van der Waals surface area contributed by atoms with Crippen molar-refractivity contribution < 1.29 is 28.3 Å². The van der Waals surface area contributed by atoms with E-state index in [1.54, 1.807) is 43.5 Å². The van der Waals surface area contributed by atoms with Gasteiger partial charge >= 0.3 is 5.97 Å². The standard InChI is InChI=1S/C26H18N2O6/c1-32-22-8-3-2-7-20(22)23-10-9-19(34-23)14-21-24(17-11-12-33-15-17)27-28(25(21)29)18-6-4-5-16(13-18)26(30)31/h2-15H,1H3,(H,30,31)/b21-14-. The molecule has 1 aliphatic heterocycles. The molecule has 0 fully saturated rings. The number of furan rings is 2. The summed E-state index contributed by atoms with van der Waals surface area (Å²) in [6.45, 7) is 0. The molecule has 2 aromatic carbocycles. The van der Waals surface area contributed by atoms with Crippen LogP contribution in [0.25, 0.3) is 17.4 Å². The second kappa shape index (κ2) is 8.59. The third kappa shape index (κ3) is 3.77. The molecule has 168 valence electrons. The van der Waals surface area contributed by atoms with E-state index in [-0.39, 0.29) is 11.1 Å². The molecule has 8 nitrogen and oxygen atoms in total. The summed E-state index contributed by atoms with van der Waals surface area (Å²) in [5.74, 6) is 0.180. The van der Waals surface area contributed by atoms with Crippen LogP contribution in [0.15, 0.2) is 98.8 Å². The summed E-state index contributed by atoms with van der Waals surface area (Å²) >= 11 is 0. The number of amides is 1. The van der Waals surface area contributed by atoms with Crippen molar-refractivity contribution in [3.63, 3.8) is 0 Å². The highest BCUT2D eigenvalue weighted by Crippen LogP contribution is 2.33. The highest BCUT2D eigenvalue weighted by Gasteiger charge is 2.33. The Morgan fingerprint density at radius 1 is 1.09 bits per heavy atom. The smallest absolute Gasteiger partial charge is 0.335 e. The number of carboxylic acids is 1. The van der Waals surface area contributed by atoms with E-state index in [2.05, 4.69) is 5.10 Å². The predicted octanol–water partition coefficient (Wildman–Crippen LogP) is 5.08. The minimum Gasteiger partial charge on any atom is -0.496 e. The number of carboxylic acid groups (broad SMARTS) is 1. The van der Waals surface area contributed by atoms with Crippen LogP contribution in [0, 0.1) is 0 Å². The number of hydrogen-bond acceptors (Lipinski definition) is 6. The summed E-state index contributed by atoms with van der Waals surface area (Å²) < 4.78 is 16.6. The van der Waals surface area contributed by atoms with Crippen molar-refractivity contribution in [2.24, 2.45) is 5.10 Å². The number of carbonyl (C=O) groups is 2. The van der Waals surface area contributed by atoms with Crippen molar-refractivity contribution in [2.45, 2.75) is 0 Å². The number of anilines is 1. The number of benzene rings is 2. The largest absolute Gasteiger partial charge is 0.496 e. The SMILES string of the molecule is COc1ccccc1-c1ccc(/C=C2\C(=O)N(c3cccc(C(=O)O)c3)N=C2c2ccoc2)o1. The number of aromatic carboxylic acids is 1. The molecule has 0 saturated carbocycles. The van der Waals surface area contributed by atoms with Gasteiger partial charge in [-0.25, -0.2) is 4.79 Å². The van der Waals surface area contributed by atoms with E-state index >= 15 is 0 Å². The Bertz CT molecular complexity index is 1450. The highest BCUT2D eigenvalue weighted by atomic mass is 16.5. The zero-order valence-corrected chi connectivity index (χ0v) is 18.0. The Labute approximate surface area is 194 Å². The molecule has 1 aliphatic rings. The van der Waals surface area contributed by atoms with E-state index in [1.807, 2.05) is 24.3 Å². The van der Waals surface area contributed by atoms with Crippen LogP contribution < -0.4 is 9.75 Å². The summed E-state index contributed by atoms with van der Waals surface area (Å²) in [7, 11) is 1.59. The molecule has 0 bridgehead atoms. The van der Waals surface area contributed by atoms with Crippen molar-refractivity contribution in [3.8, 4) is 17.1 Å². The molecule has 1 N–H and O–H groups in total. The molecule has 0 atom stereocenters. The average Bonchev–Trinajstić information content (AvgIpc) is 3.61. The fraction of sp³-hybridized carbons (Fsp3) is 0.0385. The first-order chi connectivity index (χ1) is 16.5. The summed E-state index contributed by atoms with van der Waals surface area (Å²) in [6, 6.07) is 18.7. The summed E-state index contributed by atoms with van der Waals surface area (Å²) in [5, 5.41) is 15.0. The van der Waals surface area contributed by atoms with Gasteiger partial charge in [-0.2, -0.15) is 10.1 Å². The van der Waals surface area contributed by atoms with Gasteiger partial charge in [0.2, 0.25) is 0 Å². The number of hydrogen-bond donors (Lipinski definition) is 1. The van der Waals surface area contributed by atoms with Crippen LogP contribution in [0.1, 0.15) is 21.7 Å². The lowest BCUT2D eigenvalue weighted by atomic mass is 10.0. The van der Waals surface area contributed by atoms with E-state index in [1.165, 1.54) is 29.7 Å². The van der Waals surface area contributed by atoms with Gasteiger partial charge in [0.15, 0.2) is 0 Å². The molecule has 0 spiro atoms. The first-order valence-electron chi connectivity index (χ1n) is 10.3. The number of nitrogens with zero attached hydrogens (tertiary/aromatic N) is 2. The zero-order valence-electron chi connectivity index (χ0n) is 18.0. The highest BCUT2D eigenvalue weighted by molar-refractivity contribution is 6.37. The van der Waals surface area contributed by atoms with Gasteiger partial charge in [0, 0.05) is 5.56 Å². The van der Waals surface area contributed by atoms with Crippen molar-refractivity contribution in [3.05, 3.63) is 102 Å². The molecule has 8 heteroatoms. The van der Waals surface area contributed by atoms with Gasteiger partial charge in [-0.05, 0) is 54.6 Å². The van der Waals surface area contributed by atoms with Gasteiger partial charge < -0.3 is 18.7 Å². The molecule has 0 radical (unpaired) electrons. The summed E-state index contributed by atoms with van der Waals surface area (Å²) in [5.41, 5.74) is 2.44. The Morgan fingerprint density at radius 3 is 2.71 bits per heavy atom. The normalized spacial score (nSPS) is 14.5. The van der Waals surface area contributed by atoms with E-state index in [9.17, 15) is 14.7 Å². The molecule has 3 heterocycles. The Kier molecular flexibility index (Phi) is 5.31. The number of carbonyl (C=O) groups excluding carboxylic acids is 1. The van der Waals surface area contributed by atoms with Crippen LogP contribution in [0.5, 0.6) is 5.75 Å². The van der Waals surface area contributed by atoms with Crippen LogP contribution in [-0.4, -0.2) is 29.8 Å². The Morgan fingerprint density at radius 2 is 1.94 bits per heavy atom. The van der Waals surface area contributed by atoms with Crippen LogP contribution in [-0.2, 0) is 4.79 Å². The lowest BCUT2D eigenvalue weighted by Gasteiger charge is -2.12. The van der Waals surface area contributed by atoms with Crippen LogP contribution in [0.4, 0.5) is 5.69 Å². The molecule has 34 heavy (non-hydrogen) atoms. The first kappa shape index (κ1) is 21.0. The summed E-state index contributed by atoms with van der Waals surface area (Å²) in [6.07, 6.45) is 4.58. The second-order valence-electron chi connectivity index (χ2n) is 7.39. The molecular formula is C26H18N2O6. The number of ether oxygens (including phenoxy) is 1. The fourth-order valence-electron chi connectivity index (χ4n) is 3.67. The maximum atomic E-state index is 13.4. The molecule has 4 aromatic rings. The molecular weight excluding hydrogens is 436 g/mol.